The van der Waals surface area contributed by atoms with E-state index in [1.54, 1.807) is 7.11 Å². The van der Waals surface area contributed by atoms with Gasteiger partial charge in [0.15, 0.2) is 5.82 Å². The maximum atomic E-state index is 11.8. The number of methoxy groups -OCH3 is 1. The Labute approximate surface area is 140 Å². The third kappa shape index (κ3) is 3.32. The lowest BCUT2D eigenvalue weighted by Crippen LogP contribution is -2.34. The molecule has 0 atom stereocenters. The summed E-state index contributed by atoms with van der Waals surface area (Å²) in [6.07, 6.45) is 0. The molecule has 0 unspecified atom stereocenters. The summed E-state index contributed by atoms with van der Waals surface area (Å²) >= 11 is 0. The molecule has 24 heavy (non-hydrogen) atoms. The van der Waals surface area contributed by atoms with E-state index in [2.05, 4.69) is 20.8 Å². The van der Waals surface area contributed by atoms with Crippen LogP contribution in [0.2, 0.25) is 0 Å². The van der Waals surface area contributed by atoms with E-state index in [1.165, 1.54) is 0 Å². The zero-order valence-electron chi connectivity index (χ0n) is 13.9. The number of amides is 2. The molecule has 6 heteroatoms. The summed E-state index contributed by atoms with van der Waals surface area (Å²) in [5, 5.41) is 13.6. The number of hydrogen-bond acceptors (Lipinski definition) is 3. The van der Waals surface area contributed by atoms with Gasteiger partial charge in [0.1, 0.15) is 5.75 Å². The minimum absolute atomic E-state index is 0.0666. The van der Waals surface area contributed by atoms with E-state index in [1.807, 2.05) is 56.3 Å². The Kier molecular flexibility index (Phi) is 4.37. The van der Waals surface area contributed by atoms with Crippen LogP contribution >= 0.6 is 0 Å². The van der Waals surface area contributed by atoms with Crippen LogP contribution in [-0.4, -0.2) is 29.4 Å². The number of aromatic nitrogens is 2. The number of benzene rings is 2. The fourth-order valence-corrected chi connectivity index (χ4v) is 2.48. The molecule has 3 aromatic rings. The summed E-state index contributed by atoms with van der Waals surface area (Å²) in [4.78, 5) is 11.8. The molecule has 0 aliphatic carbocycles. The maximum absolute atomic E-state index is 11.8. The first-order valence-electron chi connectivity index (χ1n) is 7.77. The van der Waals surface area contributed by atoms with Gasteiger partial charge in [0, 0.05) is 11.4 Å². The van der Waals surface area contributed by atoms with Crippen molar-refractivity contribution in [1.29, 1.82) is 0 Å². The van der Waals surface area contributed by atoms with Crippen molar-refractivity contribution in [3.8, 4) is 16.9 Å². The SMILES string of the molecule is COc1ccc(-c2ccc3c(NC(=O)NC(C)C)n[nH]c3c2)cc1. The first kappa shape index (κ1) is 15.9. The minimum Gasteiger partial charge on any atom is -0.497 e. The fourth-order valence-electron chi connectivity index (χ4n) is 2.48. The second-order valence-electron chi connectivity index (χ2n) is 5.81. The number of rotatable bonds is 4. The van der Waals surface area contributed by atoms with Gasteiger partial charge in [-0.25, -0.2) is 4.79 Å². The summed E-state index contributed by atoms with van der Waals surface area (Å²) in [7, 11) is 1.65. The molecule has 1 heterocycles. The lowest BCUT2D eigenvalue weighted by molar-refractivity contribution is 0.250. The van der Waals surface area contributed by atoms with E-state index in [9.17, 15) is 4.79 Å². The molecule has 0 aliphatic rings. The highest BCUT2D eigenvalue weighted by molar-refractivity contribution is 6.00. The zero-order valence-corrected chi connectivity index (χ0v) is 13.9. The number of H-pyrrole nitrogens is 1. The maximum Gasteiger partial charge on any atom is 0.320 e. The average molecular weight is 324 g/mol. The van der Waals surface area contributed by atoms with Crippen LogP contribution in [0.3, 0.4) is 0 Å². The van der Waals surface area contributed by atoms with Gasteiger partial charge in [0.2, 0.25) is 0 Å². The molecule has 0 fully saturated rings. The van der Waals surface area contributed by atoms with Crippen LogP contribution in [0, 0.1) is 0 Å². The van der Waals surface area contributed by atoms with Crippen molar-refractivity contribution in [1.82, 2.24) is 15.5 Å². The van der Waals surface area contributed by atoms with Crippen LogP contribution in [0.1, 0.15) is 13.8 Å². The van der Waals surface area contributed by atoms with Crippen LogP contribution in [0.5, 0.6) is 5.75 Å². The zero-order chi connectivity index (χ0) is 17.1. The second-order valence-corrected chi connectivity index (χ2v) is 5.81. The minimum atomic E-state index is -0.266. The van der Waals surface area contributed by atoms with Crippen molar-refractivity contribution < 1.29 is 9.53 Å². The molecule has 0 aliphatic heterocycles. The lowest BCUT2D eigenvalue weighted by atomic mass is 10.0. The molecule has 0 saturated heterocycles. The molecule has 0 spiro atoms. The monoisotopic (exact) mass is 324 g/mol. The van der Waals surface area contributed by atoms with Gasteiger partial charge >= 0.3 is 6.03 Å². The van der Waals surface area contributed by atoms with Crippen LogP contribution in [0.4, 0.5) is 10.6 Å². The fraction of sp³-hybridized carbons (Fsp3) is 0.222. The molecular formula is C18H20N4O2. The number of anilines is 1. The number of ether oxygens (including phenoxy) is 1. The Morgan fingerprint density at radius 1 is 1.12 bits per heavy atom. The summed E-state index contributed by atoms with van der Waals surface area (Å²) in [6, 6.07) is 13.6. The van der Waals surface area contributed by atoms with E-state index >= 15 is 0 Å². The van der Waals surface area contributed by atoms with Crippen LogP contribution in [0.25, 0.3) is 22.0 Å². The first-order valence-corrected chi connectivity index (χ1v) is 7.77. The van der Waals surface area contributed by atoms with Crippen LogP contribution < -0.4 is 15.4 Å². The van der Waals surface area contributed by atoms with E-state index in [4.69, 9.17) is 4.74 Å². The number of nitrogens with zero attached hydrogens (tertiary/aromatic N) is 1. The van der Waals surface area contributed by atoms with Gasteiger partial charge in [-0.2, -0.15) is 5.10 Å². The molecule has 2 amide bonds. The number of hydrogen-bond donors (Lipinski definition) is 3. The van der Waals surface area contributed by atoms with Gasteiger partial charge in [-0.05, 0) is 49.2 Å². The lowest BCUT2D eigenvalue weighted by Gasteiger charge is -2.08. The Bertz CT molecular complexity index is 853. The number of fused-ring (bicyclic) bond motifs is 1. The van der Waals surface area contributed by atoms with Crippen molar-refractivity contribution in [3.63, 3.8) is 0 Å². The second kappa shape index (κ2) is 6.62. The summed E-state index contributed by atoms with van der Waals surface area (Å²) in [5.74, 6) is 1.34. The van der Waals surface area contributed by atoms with Gasteiger partial charge < -0.3 is 10.1 Å². The van der Waals surface area contributed by atoms with E-state index in [0.717, 1.165) is 27.8 Å². The Morgan fingerprint density at radius 2 is 1.83 bits per heavy atom. The Morgan fingerprint density at radius 3 is 2.50 bits per heavy atom. The number of aromatic amines is 1. The normalized spacial score (nSPS) is 10.8. The third-order valence-electron chi connectivity index (χ3n) is 3.64. The first-order chi connectivity index (χ1) is 11.6. The molecular weight excluding hydrogens is 304 g/mol. The summed E-state index contributed by atoms with van der Waals surface area (Å²) in [5.41, 5.74) is 3.01. The predicted octanol–water partition coefficient (Wildman–Crippen LogP) is 3.77. The van der Waals surface area contributed by atoms with Crippen molar-refractivity contribution in [3.05, 3.63) is 42.5 Å². The number of urea groups is 1. The Balaban J connectivity index is 1.86. The molecule has 6 nitrogen and oxygen atoms in total. The van der Waals surface area contributed by atoms with Crippen molar-refractivity contribution in [2.24, 2.45) is 0 Å². The highest BCUT2D eigenvalue weighted by Crippen LogP contribution is 2.28. The highest BCUT2D eigenvalue weighted by Gasteiger charge is 2.11. The summed E-state index contributed by atoms with van der Waals surface area (Å²) < 4.78 is 5.18. The smallest absolute Gasteiger partial charge is 0.320 e. The van der Waals surface area contributed by atoms with Crippen molar-refractivity contribution in [2.75, 3.05) is 12.4 Å². The van der Waals surface area contributed by atoms with E-state index in [-0.39, 0.29) is 12.1 Å². The van der Waals surface area contributed by atoms with Crippen LogP contribution in [0.15, 0.2) is 42.5 Å². The quantitative estimate of drug-likeness (QED) is 0.683. The molecule has 0 bridgehead atoms. The van der Waals surface area contributed by atoms with Gasteiger partial charge in [-0.3, -0.25) is 10.4 Å². The topological polar surface area (TPSA) is 79.0 Å². The number of carbonyl (C=O) groups is 1. The molecule has 1 aromatic heterocycles. The van der Waals surface area contributed by atoms with Gasteiger partial charge in [-0.1, -0.05) is 18.2 Å². The van der Waals surface area contributed by atoms with Gasteiger partial charge in [0.25, 0.3) is 0 Å². The molecule has 3 N–H and O–H groups in total. The van der Waals surface area contributed by atoms with Crippen molar-refractivity contribution >= 4 is 22.8 Å². The van der Waals surface area contributed by atoms with Gasteiger partial charge in [-0.15, -0.1) is 0 Å². The average Bonchev–Trinajstić information content (AvgIpc) is 2.96. The third-order valence-corrected chi connectivity index (χ3v) is 3.64. The molecule has 0 saturated carbocycles. The molecule has 0 radical (unpaired) electrons. The largest absolute Gasteiger partial charge is 0.497 e. The number of nitrogens with one attached hydrogen (secondary N) is 3. The predicted molar refractivity (Wildman–Crippen MR) is 95.4 cm³/mol. The van der Waals surface area contributed by atoms with E-state index in [0.29, 0.717) is 5.82 Å². The number of carbonyl (C=O) groups excluding carboxylic acids is 1. The standard InChI is InChI=1S/C18H20N4O2/c1-11(2)19-18(23)20-17-15-9-6-13(10-16(15)21-22-17)12-4-7-14(24-3)8-5-12/h4-11H,1-3H3,(H3,19,20,21,22,23). The van der Waals surface area contributed by atoms with Crippen molar-refractivity contribution in [2.45, 2.75) is 19.9 Å². The van der Waals surface area contributed by atoms with Crippen LogP contribution in [-0.2, 0) is 0 Å². The molecule has 3 rings (SSSR count). The highest BCUT2D eigenvalue weighted by atomic mass is 16.5. The molecule has 124 valence electrons. The van der Waals surface area contributed by atoms with E-state index < -0.39 is 0 Å². The van der Waals surface area contributed by atoms with Gasteiger partial charge in [0.05, 0.1) is 12.6 Å². The summed E-state index contributed by atoms with van der Waals surface area (Å²) in [6.45, 7) is 3.81. The molecule has 2 aromatic carbocycles. The Hall–Kier alpha value is -3.02.